The monoisotopic (exact) mass is 491 g/mol. The summed E-state index contributed by atoms with van der Waals surface area (Å²) in [5, 5.41) is 4.76. The highest BCUT2D eigenvalue weighted by Gasteiger charge is 2.45. The van der Waals surface area contributed by atoms with E-state index in [1.807, 2.05) is 18.2 Å². The minimum absolute atomic E-state index is 0.0702. The van der Waals surface area contributed by atoms with Crippen molar-refractivity contribution in [3.05, 3.63) is 40.5 Å². The molecular weight excluding hydrogens is 466 g/mol. The molecule has 2 fully saturated rings. The van der Waals surface area contributed by atoms with Crippen LogP contribution in [0.15, 0.2) is 29.4 Å². The van der Waals surface area contributed by atoms with Crippen molar-refractivity contribution in [1.82, 2.24) is 19.8 Å². The number of likely N-dealkylation sites (tertiary alicyclic amines) is 2. The van der Waals surface area contributed by atoms with Gasteiger partial charge in [0.2, 0.25) is 5.91 Å². The number of anilines is 2. The van der Waals surface area contributed by atoms with E-state index in [1.54, 1.807) is 17.7 Å². The first-order valence-electron chi connectivity index (χ1n) is 11.9. The van der Waals surface area contributed by atoms with Gasteiger partial charge in [0.1, 0.15) is 17.0 Å². The molecule has 2 saturated heterocycles. The zero-order valence-electron chi connectivity index (χ0n) is 18.9. The second-order valence-electron chi connectivity index (χ2n) is 9.92. The largest absolute Gasteiger partial charge is 0.340 e. The van der Waals surface area contributed by atoms with E-state index < -0.39 is 0 Å². The molecule has 1 amide bonds. The molecule has 3 atom stereocenters. The summed E-state index contributed by atoms with van der Waals surface area (Å²) in [4.78, 5) is 42.1. The summed E-state index contributed by atoms with van der Waals surface area (Å²) in [7, 11) is 2.17. The lowest BCUT2D eigenvalue weighted by atomic mass is 9.86. The number of benzene rings is 1. The standard InChI is InChI=1S/C25H25N5O2S2/c1-29-10-17-9-16(29)11-30(17)25(32)14-3-5-18-20(6-14)34-24-22(18)23(26-12-27-24)28-15-4-2-13-7-21(31)33-19(13)8-15/h2,4,8,12,14,16-17H,3,5-7,9-11H2,1H3,(H,26,27,28). The van der Waals surface area contributed by atoms with Crippen LogP contribution in [0.5, 0.6) is 0 Å². The van der Waals surface area contributed by atoms with E-state index in [4.69, 9.17) is 0 Å². The highest BCUT2D eigenvalue weighted by molar-refractivity contribution is 8.14. The fourth-order valence-electron chi connectivity index (χ4n) is 6.11. The topological polar surface area (TPSA) is 78.4 Å². The van der Waals surface area contributed by atoms with E-state index >= 15 is 0 Å². The first kappa shape index (κ1) is 20.8. The Morgan fingerprint density at radius 3 is 2.94 bits per heavy atom. The van der Waals surface area contributed by atoms with Gasteiger partial charge in [0, 0.05) is 53.0 Å². The molecule has 3 aromatic rings. The maximum absolute atomic E-state index is 13.4. The van der Waals surface area contributed by atoms with Gasteiger partial charge in [0.05, 0.1) is 5.39 Å². The van der Waals surface area contributed by atoms with E-state index in [0.717, 1.165) is 71.0 Å². The predicted molar refractivity (Wildman–Crippen MR) is 134 cm³/mol. The van der Waals surface area contributed by atoms with E-state index in [9.17, 15) is 9.59 Å². The van der Waals surface area contributed by atoms with Gasteiger partial charge in [0.25, 0.3) is 0 Å². The van der Waals surface area contributed by atoms with Crippen LogP contribution in [0.2, 0.25) is 0 Å². The van der Waals surface area contributed by atoms with Crippen molar-refractivity contribution in [2.75, 3.05) is 25.5 Å². The highest BCUT2D eigenvalue weighted by atomic mass is 32.2. The van der Waals surface area contributed by atoms with Gasteiger partial charge in [-0.15, -0.1) is 11.3 Å². The number of carbonyl (C=O) groups is 2. The van der Waals surface area contributed by atoms with Crippen LogP contribution in [0.25, 0.3) is 10.2 Å². The molecule has 4 aliphatic rings. The number of hydrogen-bond acceptors (Lipinski definition) is 8. The van der Waals surface area contributed by atoms with Crippen LogP contribution in [0.3, 0.4) is 0 Å². The molecule has 2 aromatic heterocycles. The summed E-state index contributed by atoms with van der Waals surface area (Å²) >= 11 is 3.02. The lowest BCUT2D eigenvalue weighted by Crippen LogP contribution is -2.49. The van der Waals surface area contributed by atoms with Crippen LogP contribution in [0.1, 0.15) is 28.8 Å². The van der Waals surface area contributed by atoms with Gasteiger partial charge in [-0.1, -0.05) is 17.8 Å². The molecule has 1 aliphatic carbocycles. The number of aromatic nitrogens is 2. The molecule has 0 spiro atoms. The van der Waals surface area contributed by atoms with Crippen LogP contribution >= 0.6 is 23.1 Å². The predicted octanol–water partition coefficient (Wildman–Crippen LogP) is 3.63. The number of fused-ring (bicyclic) bond motifs is 6. The van der Waals surface area contributed by atoms with Gasteiger partial charge in [-0.25, -0.2) is 9.97 Å². The Labute approximate surface area is 205 Å². The zero-order valence-corrected chi connectivity index (χ0v) is 20.5. The fraction of sp³-hybridized carbons (Fsp3) is 0.440. The van der Waals surface area contributed by atoms with E-state index in [2.05, 4.69) is 32.1 Å². The van der Waals surface area contributed by atoms with Crippen LogP contribution in [-0.2, 0) is 28.9 Å². The number of rotatable bonds is 3. The number of piperazine rings is 1. The molecule has 9 heteroatoms. The average molecular weight is 492 g/mol. The van der Waals surface area contributed by atoms with Gasteiger partial charge in [-0.05, 0) is 56.0 Å². The number of carbonyl (C=O) groups excluding carboxylic acids is 2. The third kappa shape index (κ3) is 3.28. The molecule has 3 unspecified atom stereocenters. The summed E-state index contributed by atoms with van der Waals surface area (Å²) in [5.74, 6) is 1.22. The molecule has 5 heterocycles. The number of aryl methyl sites for hydroxylation is 1. The molecule has 1 aromatic carbocycles. The number of hydrogen-bond donors (Lipinski definition) is 1. The van der Waals surface area contributed by atoms with Crippen LogP contribution < -0.4 is 5.32 Å². The summed E-state index contributed by atoms with van der Waals surface area (Å²) in [6.45, 7) is 1.90. The molecule has 0 radical (unpaired) electrons. The summed E-state index contributed by atoms with van der Waals surface area (Å²) < 4.78 is 0. The highest BCUT2D eigenvalue weighted by Crippen LogP contribution is 2.42. The van der Waals surface area contributed by atoms with Crippen LogP contribution in [0.4, 0.5) is 11.5 Å². The van der Waals surface area contributed by atoms with E-state index in [0.29, 0.717) is 24.4 Å². The summed E-state index contributed by atoms with van der Waals surface area (Å²) in [6, 6.07) is 7.01. The lowest BCUT2D eigenvalue weighted by molar-refractivity contribution is -0.138. The molecule has 174 valence electrons. The van der Waals surface area contributed by atoms with Crippen molar-refractivity contribution in [2.45, 2.75) is 49.1 Å². The van der Waals surface area contributed by atoms with Gasteiger partial charge in [-0.3, -0.25) is 14.5 Å². The smallest absolute Gasteiger partial charge is 0.226 e. The van der Waals surface area contributed by atoms with Crippen LogP contribution in [-0.4, -0.2) is 63.0 Å². The van der Waals surface area contributed by atoms with Gasteiger partial charge < -0.3 is 10.2 Å². The third-order valence-electron chi connectivity index (χ3n) is 7.88. The van der Waals surface area contributed by atoms with Gasteiger partial charge >= 0.3 is 0 Å². The third-order valence-corrected chi connectivity index (χ3v) is 10.0. The van der Waals surface area contributed by atoms with Crippen molar-refractivity contribution < 1.29 is 9.59 Å². The minimum Gasteiger partial charge on any atom is -0.340 e. The molecule has 1 N–H and O–H groups in total. The first-order chi connectivity index (χ1) is 16.5. The Morgan fingerprint density at radius 1 is 1.21 bits per heavy atom. The van der Waals surface area contributed by atoms with Crippen molar-refractivity contribution in [2.24, 2.45) is 5.92 Å². The van der Waals surface area contributed by atoms with Crippen molar-refractivity contribution >= 4 is 55.8 Å². The molecule has 34 heavy (non-hydrogen) atoms. The Kier molecular flexibility index (Phi) is 4.76. The molecule has 2 bridgehead atoms. The number of nitrogens with zero attached hydrogens (tertiary/aromatic N) is 4. The normalized spacial score (nSPS) is 25.7. The van der Waals surface area contributed by atoms with Gasteiger partial charge in [0.15, 0.2) is 5.12 Å². The summed E-state index contributed by atoms with van der Waals surface area (Å²) in [5.41, 5.74) is 3.31. The second-order valence-corrected chi connectivity index (χ2v) is 12.1. The average Bonchev–Trinajstić information content (AvgIpc) is 3.58. The number of likely N-dealkylation sites (N-methyl/N-ethyl adjacent to an activating group) is 1. The van der Waals surface area contributed by atoms with Crippen molar-refractivity contribution in [3.8, 4) is 0 Å². The van der Waals surface area contributed by atoms with Gasteiger partial charge in [-0.2, -0.15) is 0 Å². The second kappa shape index (κ2) is 7.76. The zero-order chi connectivity index (χ0) is 23.0. The molecule has 7 rings (SSSR count). The van der Waals surface area contributed by atoms with Crippen molar-refractivity contribution in [1.29, 1.82) is 0 Å². The Hall–Kier alpha value is -2.49. The molecular formula is C25H25N5O2S2. The molecule has 7 nitrogen and oxygen atoms in total. The SMILES string of the molecule is CN1CC2CC1CN2C(=O)C1CCc2c(sc3ncnc(Nc4ccc5c(c4)SC(=O)C5)c23)C1. The maximum atomic E-state index is 13.4. The Morgan fingerprint density at radius 2 is 2.12 bits per heavy atom. The molecule has 3 aliphatic heterocycles. The van der Waals surface area contributed by atoms with E-state index in [1.165, 1.54) is 22.2 Å². The van der Waals surface area contributed by atoms with Crippen LogP contribution in [0, 0.1) is 5.92 Å². The minimum atomic E-state index is 0.0702. The number of amides is 1. The number of thiophene rings is 1. The quantitative estimate of drug-likeness (QED) is 0.599. The Bertz CT molecular complexity index is 1350. The maximum Gasteiger partial charge on any atom is 0.226 e. The van der Waals surface area contributed by atoms with E-state index in [-0.39, 0.29) is 11.0 Å². The Balaban J connectivity index is 1.15. The lowest BCUT2D eigenvalue weighted by Gasteiger charge is -2.35. The number of nitrogens with one attached hydrogen (secondary N) is 1. The molecule has 0 saturated carbocycles. The first-order valence-corrected chi connectivity index (χ1v) is 13.5. The summed E-state index contributed by atoms with van der Waals surface area (Å²) in [6.07, 6.45) is 5.81. The number of thioether (sulfide) groups is 1. The van der Waals surface area contributed by atoms with Crippen molar-refractivity contribution in [3.63, 3.8) is 0 Å². The fourth-order valence-corrected chi connectivity index (χ4v) is 8.31.